The van der Waals surface area contributed by atoms with Crippen molar-refractivity contribution >= 4 is 41.3 Å². The molecule has 1 aromatic heterocycles. The fourth-order valence-electron chi connectivity index (χ4n) is 2.66. The summed E-state index contributed by atoms with van der Waals surface area (Å²) in [7, 11) is 2.20. The normalized spacial score (nSPS) is 20.5. The van der Waals surface area contributed by atoms with Gasteiger partial charge in [0.05, 0.1) is 0 Å². The van der Waals surface area contributed by atoms with Crippen LogP contribution in [0, 0.1) is 5.92 Å². The molecule has 22 heavy (non-hydrogen) atoms. The van der Waals surface area contributed by atoms with Crippen LogP contribution in [0.4, 0.5) is 0 Å². The summed E-state index contributed by atoms with van der Waals surface area (Å²) < 4.78 is 0. The van der Waals surface area contributed by atoms with Crippen molar-refractivity contribution in [3.63, 3.8) is 0 Å². The van der Waals surface area contributed by atoms with Gasteiger partial charge in [-0.15, -0.1) is 24.0 Å². The van der Waals surface area contributed by atoms with E-state index in [-0.39, 0.29) is 24.0 Å². The van der Waals surface area contributed by atoms with Gasteiger partial charge in [-0.25, -0.2) is 0 Å². The maximum absolute atomic E-state index is 4.73. The van der Waals surface area contributed by atoms with Gasteiger partial charge >= 0.3 is 0 Å². The Hall–Kier alpha value is -0.340. The van der Waals surface area contributed by atoms with E-state index < -0.39 is 0 Å². The molecule has 0 bridgehead atoms. The molecule has 126 valence electrons. The van der Waals surface area contributed by atoms with E-state index in [0.29, 0.717) is 5.92 Å². The highest BCUT2D eigenvalue weighted by molar-refractivity contribution is 14.0. The van der Waals surface area contributed by atoms with Gasteiger partial charge in [-0.3, -0.25) is 4.99 Å². The zero-order valence-electron chi connectivity index (χ0n) is 13.8. The zero-order chi connectivity index (χ0) is 15.1. The van der Waals surface area contributed by atoms with Gasteiger partial charge in [0.1, 0.15) is 0 Å². The molecular formula is C16H29IN4S. The van der Waals surface area contributed by atoms with E-state index in [1.54, 1.807) is 11.3 Å². The van der Waals surface area contributed by atoms with E-state index in [1.165, 1.54) is 25.1 Å². The first-order valence-electron chi connectivity index (χ1n) is 7.91. The fourth-order valence-corrected chi connectivity index (χ4v) is 3.45. The van der Waals surface area contributed by atoms with Crippen molar-refractivity contribution in [1.82, 2.24) is 15.5 Å². The number of nitrogens with one attached hydrogen (secondary N) is 2. The summed E-state index contributed by atoms with van der Waals surface area (Å²) in [6.45, 7) is 9.51. The third-order valence-corrected chi connectivity index (χ3v) is 4.73. The SMILES string of the molecule is CCNC(=NCC(C)c1ccsc1)NCC1CCN(C)C1.I. The van der Waals surface area contributed by atoms with Crippen LogP contribution >= 0.6 is 35.3 Å². The lowest BCUT2D eigenvalue weighted by Gasteiger charge is -2.16. The zero-order valence-corrected chi connectivity index (χ0v) is 17.0. The van der Waals surface area contributed by atoms with Crippen molar-refractivity contribution in [2.24, 2.45) is 10.9 Å². The Balaban J connectivity index is 0.00000242. The van der Waals surface area contributed by atoms with Gasteiger partial charge in [0.15, 0.2) is 5.96 Å². The molecule has 0 aromatic carbocycles. The van der Waals surface area contributed by atoms with Crippen LogP contribution in [0.25, 0.3) is 0 Å². The van der Waals surface area contributed by atoms with Crippen LogP contribution in [-0.4, -0.2) is 50.6 Å². The van der Waals surface area contributed by atoms with Crippen LogP contribution in [0.15, 0.2) is 21.8 Å². The van der Waals surface area contributed by atoms with Crippen LogP contribution in [0.1, 0.15) is 31.7 Å². The lowest BCUT2D eigenvalue weighted by Crippen LogP contribution is -2.40. The van der Waals surface area contributed by atoms with Crippen molar-refractivity contribution in [2.75, 3.05) is 39.8 Å². The molecule has 1 saturated heterocycles. The molecule has 2 unspecified atom stereocenters. The van der Waals surface area contributed by atoms with Crippen molar-refractivity contribution in [1.29, 1.82) is 0 Å². The highest BCUT2D eigenvalue weighted by Crippen LogP contribution is 2.18. The molecule has 2 atom stereocenters. The summed E-state index contributed by atoms with van der Waals surface area (Å²) in [5, 5.41) is 11.2. The van der Waals surface area contributed by atoms with Crippen LogP contribution in [-0.2, 0) is 0 Å². The number of guanidine groups is 1. The average Bonchev–Trinajstić information content (AvgIpc) is 3.13. The Labute approximate surface area is 155 Å². The molecule has 1 aromatic rings. The molecule has 0 amide bonds. The Bertz CT molecular complexity index is 435. The first-order valence-corrected chi connectivity index (χ1v) is 8.86. The van der Waals surface area contributed by atoms with E-state index >= 15 is 0 Å². The lowest BCUT2D eigenvalue weighted by molar-refractivity contribution is 0.394. The maximum atomic E-state index is 4.73. The van der Waals surface area contributed by atoms with Crippen molar-refractivity contribution in [2.45, 2.75) is 26.2 Å². The second kappa shape index (κ2) is 10.4. The van der Waals surface area contributed by atoms with Crippen LogP contribution in [0.2, 0.25) is 0 Å². The largest absolute Gasteiger partial charge is 0.357 e. The van der Waals surface area contributed by atoms with Crippen LogP contribution < -0.4 is 10.6 Å². The van der Waals surface area contributed by atoms with E-state index in [4.69, 9.17) is 4.99 Å². The van der Waals surface area contributed by atoms with Crippen LogP contribution in [0.5, 0.6) is 0 Å². The predicted octanol–water partition coefficient (Wildman–Crippen LogP) is 2.98. The quantitative estimate of drug-likeness (QED) is 0.409. The van der Waals surface area contributed by atoms with Gasteiger partial charge in [-0.2, -0.15) is 11.3 Å². The summed E-state index contributed by atoms with van der Waals surface area (Å²) in [6, 6.07) is 2.19. The Kier molecular flexibility index (Phi) is 9.35. The second-order valence-electron chi connectivity index (χ2n) is 5.98. The number of thiophene rings is 1. The summed E-state index contributed by atoms with van der Waals surface area (Å²) in [4.78, 5) is 7.13. The first-order chi connectivity index (χ1) is 10.2. The molecule has 0 aliphatic carbocycles. The topological polar surface area (TPSA) is 39.7 Å². The number of halogens is 1. The molecular weight excluding hydrogens is 407 g/mol. The minimum absolute atomic E-state index is 0. The van der Waals surface area contributed by atoms with Gasteiger partial charge in [0.25, 0.3) is 0 Å². The Morgan fingerprint density at radius 1 is 1.50 bits per heavy atom. The van der Waals surface area contributed by atoms with E-state index in [9.17, 15) is 0 Å². The molecule has 1 aliphatic heterocycles. The summed E-state index contributed by atoms with van der Waals surface area (Å²) in [5.41, 5.74) is 1.39. The average molecular weight is 436 g/mol. The molecule has 1 aliphatic rings. The lowest BCUT2D eigenvalue weighted by atomic mass is 10.1. The molecule has 4 nitrogen and oxygen atoms in total. The monoisotopic (exact) mass is 436 g/mol. The van der Waals surface area contributed by atoms with E-state index in [2.05, 4.69) is 53.3 Å². The number of nitrogens with zero attached hydrogens (tertiary/aromatic N) is 2. The van der Waals surface area contributed by atoms with E-state index in [1.807, 2.05) is 0 Å². The van der Waals surface area contributed by atoms with E-state index in [0.717, 1.165) is 31.5 Å². The summed E-state index contributed by atoms with van der Waals surface area (Å²) >= 11 is 1.76. The predicted molar refractivity (Wildman–Crippen MR) is 108 cm³/mol. The minimum Gasteiger partial charge on any atom is -0.357 e. The smallest absolute Gasteiger partial charge is 0.191 e. The van der Waals surface area contributed by atoms with Crippen molar-refractivity contribution in [3.05, 3.63) is 22.4 Å². The number of hydrogen-bond acceptors (Lipinski definition) is 3. The van der Waals surface area contributed by atoms with Gasteiger partial charge in [-0.05, 0) is 55.2 Å². The third-order valence-electron chi connectivity index (χ3n) is 4.03. The van der Waals surface area contributed by atoms with Gasteiger partial charge in [0.2, 0.25) is 0 Å². The van der Waals surface area contributed by atoms with Crippen LogP contribution in [0.3, 0.4) is 0 Å². The molecule has 0 spiro atoms. The number of hydrogen-bond donors (Lipinski definition) is 2. The molecule has 6 heteroatoms. The fraction of sp³-hybridized carbons (Fsp3) is 0.688. The molecule has 0 radical (unpaired) electrons. The van der Waals surface area contributed by atoms with Crippen molar-refractivity contribution < 1.29 is 0 Å². The molecule has 2 heterocycles. The molecule has 0 saturated carbocycles. The Morgan fingerprint density at radius 3 is 2.91 bits per heavy atom. The summed E-state index contributed by atoms with van der Waals surface area (Å²) in [5.74, 6) is 2.17. The second-order valence-corrected chi connectivity index (χ2v) is 6.76. The number of likely N-dealkylation sites (tertiary alicyclic amines) is 1. The standard InChI is InChI=1S/C16H28N4S.HI/c1-4-17-16(19-10-14-5-7-20(3)11-14)18-9-13(2)15-6-8-21-12-15;/h6,8,12-14H,4-5,7,9-11H2,1-3H3,(H2,17,18,19);1H. The highest BCUT2D eigenvalue weighted by atomic mass is 127. The van der Waals surface area contributed by atoms with Gasteiger partial charge < -0.3 is 15.5 Å². The van der Waals surface area contributed by atoms with Gasteiger partial charge in [0, 0.05) is 32.1 Å². The third kappa shape index (κ3) is 6.42. The molecule has 1 fully saturated rings. The number of rotatable bonds is 6. The number of aliphatic imine (C=N–C) groups is 1. The maximum Gasteiger partial charge on any atom is 0.191 e. The molecule has 2 rings (SSSR count). The Morgan fingerprint density at radius 2 is 2.32 bits per heavy atom. The summed E-state index contributed by atoms with van der Waals surface area (Å²) in [6.07, 6.45) is 1.29. The van der Waals surface area contributed by atoms with Gasteiger partial charge in [-0.1, -0.05) is 6.92 Å². The minimum atomic E-state index is 0. The van der Waals surface area contributed by atoms with Crippen molar-refractivity contribution in [3.8, 4) is 0 Å². The molecule has 2 N–H and O–H groups in total. The highest BCUT2D eigenvalue weighted by Gasteiger charge is 2.19. The first kappa shape index (κ1) is 19.7.